The van der Waals surface area contributed by atoms with E-state index in [-0.39, 0.29) is 0 Å². The Morgan fingerprint density at radius 1 is 1.00 bits per heavy atom. The molecule has 0 saturated carbocycles. The van der Waals surface area contributed by atoms with Crippen LogP contribution in [0.3, 0.4) is 0 Å². The Morgan fingerprint density at radius 2 is 1.59 bits per heavy atom. The van der Waals surface area contributed by atoms with Crippen LogP contribution in [0.2, 0.25) is 12.1 Å². The molecular weight excluding hydrogens is 408 g/mol. The van der Waals surface area contributed by atoms with Gasteiger partial charge < -0.3 is 4.74 Å². The second-order valence-corrected chi connectivity index (χ2v) is 15.5. The van der Waals surface area contributed by atoms with Crippen molar-refractivity contribution < 1.29 is 4.74 Å². The molecule has 4 heteroatoms. The average molecular weight is 439 g/mol. The molecule has 1 aromatic carbocycles. The van der Waals surface area contributed by atoms with Gasteiger partial charge in [0.05, 0.1) is 0 Å². The normalized spacial score (nSPS) is 13.4. The summed E-state index contributed by atoms with van der Waals surface area (Å²) in [5, 5.41) is 1.49. The molecule has 4 rings (SSSR count). The average Bonchev–Trinajstić information content (AvgIpc) is 3.33. The smallest absolute Gasteiger partial charge is 0.121 e. The van der Waals surface area contributed by atoms with Gasteiger partial charge in [-0.2, -0.15) is 0 Å². The summed E-state index contributed by atoms with van der Waals surface area (Å²) < 4.78 is 6.29. The molecule has 0 bridgehead atoms. The van der Waals surface area contributed by atoms with Crippen LogP contribution in [-0.4, -0.2) is 14.7 Å². The molecule has 1 aliphatic rings. The Labute approximate surface area is 184 Å². The van der Waals surface area contributed by atoms with Gasteiger partial charge in [0.15, 0.2) is 0 Å². The second kappa shape index (κ2) is 7.90. The van der Waals surface area contributed by atoms with Crippen LogP contribution in [0.15, 0.2) is 43.0 Å². The Morgan fingerprint density at radius 3 is 2.10 bits per heavy atom. The molecule has 0 atom stereocenters. The fourth-order valence-corrected chi connectivity index (χ4v) is 12.9. The van der Waals surface area contributed by atoms with Gasteiger partial charge in [0, 0.05) is 25.0 Å². The van der Waals surface area contributed by atoms with Crippen molar-refractivity contribution in [1.29, 1.82) is 0 Å². The molecule has 29 heavy (non-hydrogen) atoms. The van der Waals surface area contributed by atoms with Crippen molar-refractivity contribution in [3.63, 3.8) is 0 Å². The van der Waals surface area contributed by atoms with Gasteiger partial charge in [-0.1, -0.05) is 56.8 Å². The molecular formula is C25H30OS2Si. The predicted molar refractivity (Wildman–Crippen MR) is 132 cm³/mol. The van der Waals surface area contributed by atoms with E-state index in [1.807, 2.05) is 28.7 Å². The minimum atomic E-state index is -1.93. The summed E-state index contributed by atoms with van der Waals surface area (Å²) in [6.07, 6.45) is 1.85. The first kappa shape index (κ1) is 20.6. The van der Waals surface area contributed by atoms with E-state index in [9.17, 15) is 0 Å². The quantitative estimate of drug-likeness (QED) is 0.277. The van der Waals surface area contributed by atoms with Gasteiger partial charge in [-0.25, -0.2) is 0 Å². The summed E-state index contributed by atoms with van der Waals surface area (Å²) in [7, 11) is -1.93. The monoisotopic (exact) mass is 438 g/mol. The minimum Gasteiger partial charge on any atom is -0.489 e. The number of aryl methyl sites for hydroxylation is 3. The molecule has 1 aliphatic carbocycles. The lowest BCUT2D eigenvalue weighted by Gasteiger charge is -2.38. The zero-order chi connectivity index (χ0) is 20.8. The van der Waals surface area contributed by atoms with E-state index in [2.05, 4.69) is 71.5 Å². The molecule has 0 saturated heterocycles. The first-order valence-electron chi connectivity index (χ1n) is 10.5. The Bertz CT molecular complexity index is 1010. The summed E-state index contributed by atoms with van der Waals surface area (Å²) >= 11 is 3.96. The highest BCUT2D eigenvalue weighted by molar-refractivity contribution is 7.23. The van der Waals surface area contributed by atoms with Crippen LogP contribution >= 0.6 is 22.7 Å². The lowest BCUT2D eigenvalue weighted by molar-refractivity contribution is 0.363. The van der Waals surface area contributed by atoms with E-state index in [1.165, 1.54) is 42.3 Å². The molecule has 0 radical (unpaired) electrons. The zero-order valence-corrected chi connectivity index (χ0v) is 20.7. The van der Waals surface area contributed by atoms with Crippen molar-refractivity contribution >= 4 is 35.9 Å². The molecule has 0 amide bonds. The number of thiophene rings is 2. The van der Waals surface area contributed by atoms with Crippen molar-refractivity contribution in [2.75, 3.05) is 6.61 Å². The van der Waals surface area contributed by atoms with Crippen LogP contribution in [0.25, 0.3) is 9.75 Å². The number of benzene rings is 1. The molecule has 2 aromatic heterocycles. The maximum Gasteiger partial charge on any atom is 0.121 e. The Kier molecular flexibility index (Phi) is 5.62. The van der Waals surface area contributed by atoms with Crippen LogP contribution in [0, 0.1) is 20.8 Å². The molecule has 0 aliphatic heterocycles. The van der Waals surface area contributed by atoms with Crippen LogP contribution in [0.1, 0.15) is 45.8 Å². The van der Waals surface area contributed by atoms with Crippen LogP contribution in [0.5, 0.6) is 5.75 Å². The summed E-state index contributed by atoms with van der Waals surface area (Å²) in [5.41, 5.74) is 4.93. The fraction of sp³-hybridized carbons (Fsp3) is 0.360. The largest absolute Gasteiger partial charge is 0.489 e. The number of fused-ring (bicyclic) bond motifs is 3. The van der Waals surface area contributed by atoms with Gasteiger partial charge in [-0.15, -0.1) is 22.7 Å². The number of rotatable bonds is 7. The first-order chi connectivity index (χ1) is 14.0. The van der Waals surface area contributed by atoms with E-state index in [0.717, 1.165) is 5.75 Å². The van der Waals surface area contributed by atoms with E-state index in [1.54, 1.807) is 11.1 Å². The molecule has 152 valence electrons. The van der Waals surface area contributed by atoms with Crippen molar-refractivity contribution in [3.05, 3.63) is 69.4 Å². The van der Waals surface area contributed by atoms with Gasteiger partial charge in [0.2, 0.25) is 0 Å². The number of hydrogen-bond acceptors (Lipinski definition) is 3. The summed E-state index contributed by atoms with van der Waals surface area (Å²) in [6, 6.07) is 14.1. The number of para-hydroxylation sites is 1. The maximum atomic E-state index is 6.29. The third-order valence-corrected chi connectivity index (χ3v) is 14.5. The highest BCUT2D eigenvalue weighted by Crippen LogP contribution is 2.56. The summed E-state index contributed by atoms with van der Waals surface area (Å²) in [4.78, 5) is 5.92. The standard InChI is InChI=1S/C25H30OS2Si/c1-7-13-26-22-16(4)11-10-12-21(22)29(8-2,9-3)25-19-14-17(5)27-23(19)24-20(25)15-18(6)28-24/h7,10-12,14-15,25H,1,8-9,13H2,2-6H3. The first-order valence-corrected chi connectivity index (χ1v) is 14.6. The SMILES string of the molecule is C=CCOc1c(C)cccc1[Si](CC)(CC)C1c2cc(C)sc2-c2sc(C)cc21. The summed E-state index contributed by atoms with van der Waals surface area (Å²) in [6.45, 7) is 15.9. The summed E-state index contributed by atoms with van der Waals surface area (Å²) in [5.74, 6) is 1.11. The van der Waals surface area contributed by atoms with Gasteiger partial charge in [-0.05, 0) is 54.8 Å². The predicted octanol–water partition coefficient (Wildman–Crippen LogP) is 7.35. The highest BCUT2D eigenvalue weighted by Gasteiger charge is 2.49. The van der Waals surface area contributed by atoms with E-state index < -0.39 is 8.07 Å². The van der Waals surface area contributed by atoms with Gasteiger partial charge in [-0.3, -0.25) is 0 Å². The second-order valence-electron chi connectivity index (χ2n) is 8.13. The van der Waals surface area contributed by atoms with Gasteiger partial charge in [0.1, 0.15) is 20.4 Å². The lowest BCUT2D eigenvalue weighted by atomic mass is 10.2. The minimum absolute atomic E-state index is 0.519. The van der Waals surface area contributed by atoms with E-state index in [0.29, 0.717) is 12.1 Å². The molecule has 3 aromatic rings. The molecule has 1 nitrogen and oxygen atoms in total. The lowest BCUT2D eigenvalue weighted by Crippen LogP contribution is -2.52. The Balaban J connectivity index is 1.98. The van der Waals surface area contributed by atoms with Crippen molar-refractivity contribution in [1.82, 2.24) is 0 Å². The molecule has 0 fully saturated rings. The molecule has 2 heterocycles. The van der Waals surface area contributed by atoms with Crippen LogP contribution < -0.4 is 9.92 Å². The maximum absolute atomic E-state index is 6.29. The van der Waals surface area contributed by atoms with Crippen LogP contribution in [0.4, 0.5) is 0 Å². The van der Waals surface area contributed by atoms with Gasteiger partial charge >= 0.3 is 0 Å². The third-order valence-electron chi connectivity index (χ3n) is 6.50. The van der Waals surface area contributed by atoms with Crippen molar-refractivity contribution in [2.45, 2.75) is 52.2 Å². The number of ether oxygens (including phenoxy) is 1. The zero-order valence-electron chi connectivity index (χ0n) is 18.1. The third kappa shape index (κ3) is 3.16. The molecule has 0 unspecified atom stereocenters. The van der Waals surface area contributed by atoms with Crippen LogP contribution in [-0.2, 0) is 0 Å². The molecule has 0 spiro atoms. The van der Waals surface area contributed by atoms with Gasteiger partial charge in [0.25, 0.3) is 0 Å². The topological polar surface area (TPSA) is 9.23 Å². The van der Waals surface area contributed by atoms with E-state index >= 15 is 0 Å². The fourth-order valence-electron chi connectivity index (χ4n) is 5.19. The Hall–Kier alpha value is -1.62. The highest BCUT2D eigenvalue weighted by atomic mass is 32.1. The number of hydrogen-bond donors (Lipinski definition) is 0. The van der Waals surface area contributed by atoms with Crippen molar-refractivity contribution in [3.8, 4) is 15.5 Å². The van der Waals surface area contributed by atoms with Crippen molar-refractivity contribution in [2.24, 2.45) is 0 Å². The van der Waals surface area contributed by atoms with E-state index in [4.69, 9.17) is 4.74 Å². The molecule has 0 N–H and O–H groups in total.